The molecular formula is C16H23ClN2O3S. The lowest BCUT2D eigenvalue weighted by Crippen LogP contribution is -2.37. The summed E-state index contributed by atoms with van der Waals surface area (Å²) >= 11 is 5.85. The molecule has 0 unspecified atom stereocenters. The van der Waals surface area contributed by atoms with Crippen LogP contribution in [-0.2, 0) is 14.8 Å². The van der Waals surface area contributed by atoms with Crippen molar-refractivity contribution in [3.8, 4) is 0 Å². The highest BCUT2D eigenvalue weighted by molar-refractivity contribution is 7.89. The third-order valence-corrected chi connectivity index (χ3v) is 6.65. The molecule has 0 saturated carbocycles. The van der Waals surface area contributed by atoms with E-state index < -0.39 is 10.0 Å². The molecule has 7 heteroatoms. The first-order chi connectivity index (χ1) is 11.1. The summed E-state index contributed by atoms with van der Waals surface area (Å²) in [6.07, 6.45) is 3.41. The maximum atomic E-state index is 12.7. The summed E-state index contributed by atoms with van der Waals surface area (Å²) < 4.78 is 32.8. The fraction of sp³-hybridized carbons (Fsp3) is 0.625. The van der Waals surface area contributed by atoms with Gasteiger partial charge in [-0.05, 0) is 50.1 Å². The zero-order valence-electron chi connectivity index (χ0n) is 13.2. The molecule has 128 valence electrons. The lowest BCUT2D eigenvalue weighted by Gasteiger charge is -2.23. The van der Waals surface area contributed by atoms with Gasteiger partial charge in [-0.15, -0.1) is 0 Å². The lowest BCUT2D eigenvalue weighted by molar-refractivity contribution is 0.0749. The van der Waals surface area contributed by atoms with Gasteiger partial charge in [0.1, 0.15) is 0 Å². The average Bonchev–Trinajstić information content (AvgIpc) is 2.91. The molecular weight excluding hydrogens is 336 g/mol. The highest BCUT2D eigenvalue weighted by Gasteiger charge is 2.28. The highest BCUT2D eigenvalue weighted by atomic mass is 35.5. The Kier molecular flexibility index (Phi) is 5.59. The van der Waals surface area contributed by atoms with Crippen molar-refractivity contribution in [1.29, 1.82) is 0 Å². The van der Waals surface area contributed by atoms with Crippen LogP contribution in [0.15, 0.2) is 29.2 Å². The molecule has 0 radical (unpaired) electrons. The quantitative estimate of drug-likeness (QED) is 0.828. The first kappa shape index (κ1) is 17.2. The molecule has 0 aliphatic carbocycles. The van der Waals surface area contributed by atoms with E-state index in [-0.39, 0.29) is 0 Å². The summed E-state index contributed by atoms with van der Waals surface area (Å²) in [5, 5.41) is 0.544. The van der Waals surface area contributed by atoms with Crippen molar-refractivity contribution in [2.45, 2.75) is 30.3 Å². The topological polar surface area (TPSA) is 49.9 Å². The summed E-state index contributed by atoms with van der Waals surface area (Å²) in [6, 6.07) is 6.39. The molecule has 1 aromatic carbocycles. The smallest absolute Gasteiger partial charge is 0.243 e. The monoisotopic (exact) mass is 358 g/mol. The first-order valence-electron chi connectivity index (χ1n) is 8.15. The Morgan fingerprint density at radius 3 is 2.57 bits per heavy atom. The van der Waals surface area contributed by atoms with Gasteiger partial charge in [0.25, 0.3) is 0 Å². The molecule has 2 saturated heterocycles. The predicted octanol–water partition coefficient (Wildman–Crippen LogP) is 2.22. The van der Waals surface area contributed by atoms with Gasteiger partial charge in [0.05, 0.1) is 11.0 Å². The van der Waals surface area contributed by atoms with E-state index in [0.717, 1.165) is 45.5 Å². The number of nitrogens with zero attached hydrogens (tertiary/aromatic N) is 2. The summed E-state index contributed by atoms with van der Waals surface area (Å²) in [6.45, 7) is 4.54. The van der Waals surface area contributed by atoms with Crippen LogP contribution in [0, 0.1) is 0 Å². The van der Waals surface area contributed by atoms with E-state index in [2.05, 4.69) is 4.90 Å². The number of benzene rings is 1. The number of hydrogen-bond donors (Lipinski definition) is 0. The van der Waals surface area contributed by atoms with E-state index >= 15 is 0 Å². The number of hydrogen-bond acceptors (Lipinski definition) is 4. The van der Waals surface area contributed by atoms with Crippen LogP contribution in [-0.4, -0.2) is 63.1 Å². The molecule has 0 aromatic heterocycles. The Morgan fingerprint density at radius 1 is 1.09 bits per heavy atom. The van der Waals surface area contributed by atoms with Gasteiger partial charge in [0, 0.05) is 37.8 Å². The summed E-state index contributed by atoms with van der Waals surface area (Å²) in [5.74, 6) is 0. The molecule has 0 bridgehead atoms. The Balaban J connectivity index is 1.63. The molecule has 2 fully saturated rings. The standard InChI is InChI=1S/C16H23ClN2O3S/c17-14-4-6-16(7-5-14)23(20,21)19-9-2-8-18(10-11-19)13-15-3-1-12-22-15/h4-7,15H,1-3,8-13H2/t15-/m0/s1. The molecule has 1 atom stereocenters. The van der Waals surface area contributed by atoms with Gasteiger partial charge < -0.3 is 4.74 Å². The van der Waals surface area contributed by atoms with Gasteiger partial charge in [-0.1, -0.05) is 11.6 Å². The normalized spacial score (nSPS) is 24.7. The molecule has 2 aliphatic rings. The number of halogens is 1. The highest BCUT2D eigenvalue weighted by Crippen LogP contribution is 2.21. The second-order valence-corrected chi connectivity index (χ2v) is 8.52. The molecule has 5 nitrogen and oxygen atoms in total. The van der Waals surface area contributed by atoms with E-state index in [1.165, 1.54) is 0 Å². The second-order valence-electron chi connectivity index (χ2n) is 6.15. The summed E-state index contributed by atoms with van der Waals surface area (Å²) in [7, 11) is -3.44. The third kappa shape index (κ3) is 4.25. The van der Waals surface area contributed by atoms with Crippen LogP contribution in [0.1, 0.15) is 19.3 Å². The van der Waals surface area contributed by atoms with Crippen LogP contribution in [0.3, 0.4) is 0 Å². The summed E-state index contributed by atoms with van der Waals surface area (Å²) in [4.78, 5) is 2.64. The number of ether oxygens (including phenoxy) is 1. The SMILES string of the molecule is O=S(=O)(c1ccc(Cl)cc1)N1CCCN(C[C@@H]2CCCO2)CC1. The van der Waals surface area contributed by atoms with Crippen molar-refractivity contribution in [3.05, 3.63) is 29.3 Å². The van der Waals surface area contributed by atoms with Crippen LogP contribution in [0.5, 0.6) is 0 Å². The minimum Gasteiger partial charge on any atom is -0.377 e. The molecule has 0 spiro atoms. The Morgan fingerprint density at radius 2 is 1.87 bits per heavy atom. The van der Waals surface area contributed by atoms with Crippen LogP contribution in [0.4, 0.5) is 0 Å². The van der Waals surface area contributed by atoms with E-state index in [9.17, 15) is 8.42 Å². The largest absolute Gasteiger partial charge is 0.377 e. The number of rotatable bonds is 4. The molecule has 0 amide bonds. The zero-order chi connectivity index (χ0) is 16.3. The number of sulfonamides is 1. The fourth-order valence-electron chi connectivity index (χ4n) is 3.20. The predicted molar refractivity (Wildman–Crippen MR) is 90.2 cm³/mol. The second kappa shape index (κ2) is 7.49. The maximum Gasteiger partial charge on any atom is 0.243 e. The lowest BCUT2D eigenvalue weighted by atomic mass is 10.2. The Bertz CT molecular complexity index is 615. The van der Waals surface area contributed by atoms with Gasteiger partial charge in [-0.3, -0.25) is 4.90 Å². The molecule has 2 aliphatic heterocycles. The van der Waals surface area contributed by atoms with Gasteiger partial charge in [0.2, 0.25) is 10.0 Å². The van der Waals surface area contributed by atoms with Gasteiger partial charge in [-0.25, -0.2) is 8.42 Å². The van der Waals surface area contributed by atoms with Crippen molar-refractivity contribution in [3.63, 3.8) is 0 Å². The van der Waals surface area contributed by atoms with Gasteiger partial charge in [-0.2, -0.15) is 4.31 Å². The van der Waals surface area contributed by atoms with E-state index in [0.29, 0.717) is 29.1 Å². The minimum atomic E-state index is -3.44. The van der Waals surface area contributed by atoms with Gasteiger partial charge in [0.15, 0.2) is 0 Å². The maximum absolute atomic E-state index is 12.7. The van der Waals surface area contributed by atoms with Crippen LogP contribution in [0.2, 0.25) is 5.02 Å². The van der Waals surface area contributed by atoms with Crippen molar-refractivity contribution in [1.82, 2.24) is 9.21 Å². The van der Waals surface area contributed by atoms with Crippen molar-refractivity contribution < 1.29 is 13.2 Å². The van der Waals surface area contributed by atoms with Crippen molar-refractivity contribution in [2.75, 3.05) is 39.3 Å². The van der Waals surface area contributed by atoms with Crippen LogP contribution < -0.4 is 0 Å². The Hall–Kier alpha value is -0.660. The van der Waals surface area contributed by atoms with Gasteiger partial charge >= 0.3 is 0 Å². The molecule has 0 N–H and O–H groups in total. The average molecular weight is 359 g/mol. The van der Waals surface area contributed by atoms with E-state index in [4.69, 9.17) is 16.3 Å². The minimum absolute atomic E-state index is 0.314. The molecule has 23 heavy (non-hydrogen) atoms. The van der Waals surface area contributed by atoms with Crippen LogP contribution >= 0.6 is 11.6 Å². The molecule has 1 aromatic rings. The third-order valence-electron chi connectivity index (χ3n) is 4.48. The van der Waals surface area contributed by atoms with E-state index in [1.54, 1.807) is 28.6 Å². The zero-order valence-corrected chi connectivity index (χ0v) is 14.7. The first-order valence-corrected chi connectivity index (χ1v) is 9.97. The summed E-state index contributed by atoms with van der Waals surface area (Å²) in [5.41, 5.74) is 0. The molecule has 3 rings (SSSR count). The van der Waals surface area contributed by atoms with Crippen LogP contribution in [0.25, 0.3) is 0 Å². The van der Waals surface area contributed by atoms with Crippen molar-refractivity contribution in [2.24, 2.45) is 0 Å². The fourth-order valence-corrected chi connectivity index (χ4v) is 4.80. The Labute approximate surface area is 143 Å². The van der Waals surface area contributed by atoms with E-state index in [1.807, 2.05) is 0 Å². The van der Waals surface area contributed by atoms with Crippen molar-refractivity contribution >= 4 is 21.6 Å². The molecule has 2 heterocycles.